The number of rotatable bonds is 20. The summed E-state index contributed by atoms with van der Waals surface area (Å²) in [4.78, 5) is 109. The lowest BCUT2D eigenvalue weighted by Crippen LogP contribution is -2.23. The summed E-state index contributed by atoms with van der Waals surface area (Å²) in [7, 11) is 0. The van der Waals surface area contributed by atoms with Crippen molar-refractivity contribution in [1.82, 2.24) is 19.9 Å². The van der Waals surface area contributed by atoms with Crippen LogP contribution in [0.4, 0.5) is 0 Å². The number of aromatic nitrogens is 4. The van der Waals surface area contributed by atoms with Crippen LogP contribution in [-0.2, 0) is 115 Å². The lowest BCUT2D eigenvalue weighted by atomic mass is 9.93. The molecule has 8 bridgehead atoms. The first-order valence-corrected chi connectivity index (χ1v) is 18.8. The van der Waals surface area contributed by atoms with Crippen LogP contribution in [0.2, 0.25) is 0 Å². The Balaban J connectivity index is 1.90. The van der Waals surface area contributed by atoms with Gasteiger partial charge in [-0.1, -0.05) is 0 Å². The van der Waals surface area contributed by atoms with E-state index in [-0.39, 0.29) is 141 Å². The first-order chi connectivity index (χ1) is 28.3. The predicted molar refractivity (Wildman–Crippen MR) is 193 cm³/mol. The molecule has 0 saturated carbocycles. The number of aromatic amines is 4. The number of carbonyl (C=O) groups excluding carboxylic acids is 4. The van der Waals surface area contributed by atoms with E-state index in [4.69, 9.17) is 0 Å². The van der Waals surface area contributed by atoms with Gasteiger partial charge in [0.25, 0.3) is 0 Å². The van der Waals surface area contributed by atoms with Crippen LogP contribution in [0.5, 0.6) is 0 Å². The van der Waals surface area contributed by atoms with E-state index in [1.54, 1.807) is 0 Å². The van der Waals surface area contributed by atoms with Crippen LogP contribution in [0, 0.1) is 0 Å². The molecule has 1 aliphatic heterocycles. The Bertz CT molecular complexity index is 2390. The van der Waals surface area contributed by atoms with E-state index in [0.29, 0.717) is 0 Å². The minimum Gasteiger partial charge on any atom is -0.550 e. The van der Waals surface area contributed by atoms with Crippen LogP contribution in [-0.4, -0.2) is 88.1 Å². The lowest BCUT2D eigenvalue weighted by Gasteiger charge is -2.11. The number of carboxylic acids is 8. The molecular weight excluding hydrogens is 792 g/mol. The van der Waals surface area contributed by atoms with E-state index < -0.39 is 99.1 Å². The largest absolute Gasteiger partial charge is 0.550 e. The summed E-state index contributed by atoms with van der Waals surface area (Å²) in [6.45, 7) is 0. The van der Waals surface area contributed by atoms with Crippen molar-refractivity contribution in [2.75, 3.05) is 0 Å². The van der Waals surface area contributed by atoms with Crippen LogP contribution < -0.4 is 20.4 Å². The van der Waals surface area contributed by atoms with Crippen LogP contribution in [0.25, 0.3) is 0 Å². The SMILES string of the molecule is O=C([O-])CCc1c2[nH]c(c1CC(=O)O)Cc1[nH]c(c(CC(=O)O)c1CCC(=O)[O-])Cc1[nH]c(c(CC(=O)O)c1CCC(=O)[O-])Cc1[nH]c(c(CCC(=O)[O-])c1CC(=O)O)C2. The average Bonchev–Trinajstić information content (AvgIpc) is 3.81. The van der Waals surface area contributed by atoms with Crippen LogP contribution in [0.15, 0.2) is 0 Å². The van der Waals surface area contributed by atoms with Crippen LogP contribution in [0.1, 0.15) is 116 Å². The third-order valence-electron chi connectivity index (χ3n) is 10.6. The molecule has 4 aromatic heterocycles. The van der Waals surface area contributed by atoms with Crippen molar-refractivity contribution in [2.45, 2.75) is 103 Å². The fraction of sp³-hybridized carbons (Fsp3) is 0.400. The minimum atomic E-state index is -1.46. The Labute approximate surface area is 339 Å². The van der Waals surface area contributed by atoms with Gasteiger partial charge in [0.2, 0.25) is 0 Å². The fourth-order valence-electron chi connectivity index (χ4n) is 8.28. The van der Waals surface area contributed by atoms with Crippen molar-refractivity contribution in [3.63, 3.8) is 0 Å². The van der Waals surface area contributed by atoms with Crippen LogP contribution in [0.3, 0.4) is 0 Å². The summed E-state index contributed by atoms with van der Waals surface area (Å²) < 4.78 is 0. The molecule has 8 N–H and O–H groups in total. The Kier molecular flexibility index (Phi) is 13.7. The molecule has 20 heteroatoms. The molecule has 0 aromatic carbocycles. The lowest BCUT2D eigenvalue weighted by molar-refractivity contribution is -0.307. The van der Waals surface area contributed by atoms with Crippen molar-refractivity contribution in [2.24, 2.45) is 0 Å². The molecular formula is C40H40N4O16-4. The molecule has 0 spiro atoms. The second kappa shape index (κ2) is 18.6. The van der Waals surface area contributed by atoms with Gasteiger partial charge in [-0.2, -0.15) is 0 Å². The number of aliphatic carboxylic acids is 8. The molecule has 1 aliphatic rings. The summed E-state index contributed by atoms with van der Waals surface area (Å²) in [5.41, 5.74) is 3.55. The highest BCUT2D eigenvalue weighted by molar-refractivity contribution is 5.75. The van der Waals surface area contributed by atoms with E-state index in [1.165, 1.54) is 0 Å². The third-order valence-corrected chi connectivity index (χ3v) is 10.6. The Morgan fingerprint density at radius 1 is 0.333 bits per heavy atom. The van der Waals surface area contributed by atoms with Crippen LogP contribution >= 0.6 is 0 Å². The monoisotopic (exact) mass is 832 g/mol. The standard InChI is InChI=1S/C40H44N4O16/c45-33(46)5-1-17-21(9-37(53)54)29-14-27-19(3-7-35(49)50)22(10-38(55)56)30(43-27)15-28-20(4-8-36(51)52)24(12-40(59)60)32(44-28)16-31-23(11-39(57)58)18(2-6-34(47)48)26(42-31)13-25(17)41-29/h41-44H,1-16H2,(H,45,46)(H,47,48)(H,49,50)(H,51,52)(H,53,54)(H,55,56)(H,57,58)(H,59,60)/p-4. The number of nitrogens with one attached hydrogen (secondary N) is 4. The maximum absolute atomic E-state index is 12.3. The fourth-order valence-corrected chi connectivity index (χ4v) is 8.28. The molecule has 5 heterocycles. The minimum absolute atomic E-state index is 0.150. The molecule has 0 amide bonds. The zero-order valence-corrected chi connectivity index (χ0v) is 32.0. The average molecular weight is 833 g/mol. The normalized spacial score (nSPS) is 12.3. The van der Waals surface area contributed by atoms with E-state index in [9.17, 15) is 79.2 Å². The van der Waals surface area contributed by atoms with Gasteiger partial charge in [0.05, 0.1) is 25.7 Å². The number of carboxylic acid groups (broad SMARTS) is 8. The van der Waals surface area contributed by atoms with Gasteiger partial charge in [-0.3, -0.25) is 19.2 Å². The van der Waals surface area contributed by atoms with Gasteiger partial charge < -0.3 is 80.0 Å². The molecule has 0 atom stereocenters. The van der Waals surface area contributed by atoms with E-state index in [0.717, 1.165) is 0 Å². The number of hydrogen-bond acceptors (Lipinski definition) is 12. The first-order valence-electron chi connectivity index (χ1n) is 18.8. The molecule has 0 radical (unpaired) electrons. The molecule has 4 aromatic rings. The molecule has 5 rings (SSSR count). The van der Waals surface area contributed by atoms with Gasteiger partial charge in [0, 0.05) is 95.1 Å². The van der Waals surface area contributed by atoms with Gasteiger partial charge in [-0.25, -0.2) is 0 Å². The van der Waals surface area contributed by atoms with Gasteiger partial charge in [-0.15, -0.1) is 0 Å². The zero-order chi connectivity index (χ0) is 44.0. The topological polar surface area (TPSA) is 373 Å². The van der Waals surface area contributed by atoms with Gasteiger partial charge in [0.1, 0.15) is 0 Å². The van der Waals surface area contributed by atoms with Crippen molar-refractivity contribution in [3.8, 4) is 0 Å². The van der Waals surface area contributed by atoms with Gasteiger partial charge in [-0.05, 0) is 95.9 Å². The van der Waals surface area contributed by atoms with E-state index >= 15 is 0 Å². The smallest absolute Gasteiger partial charge is 0.307 e. The van der Waals surface area contributed by atoms with Crippen molar-refractivity contribution in [1.29, 1.82) is 0 Å². The number of carbonyl (C=O) groups is 8. The van der Waals surface area contributed by atoms with Crippen molar-refractivity contribution >= 4 is 47.8 Å². The first kappa shape index (κ1) is 44.0. The Hall–Kier alpha value is -7.12. The van der Waals surface area contributed by atoms with Gasteiger partial charge >= 0.3 is 23.9 Å². The highest BCUT2D eigenvalue weighted by atomic mass is 16.4. The molecule has 0 fully saturated rings. The highest BCUT2D eigenvalue weighted by Crippen LogP contribution is 2.35. The second-order valence-electron chi connectivity index (χ2n) is 14.6. The summed E-state index contributed by atoms with van der Waals surface area (Å²) in [6, 6.07) is 0. The summed E-state index contributed by atoms with van der Waals surface area (Å²) in [5.74, 6) is -11.1. The third kappa shape index (κ3) is 10.7. The number of hydrogen-bond donors (Lipinski definition) is 8. The van der Waals surface area contributed by atoms with Gasteiger partial charge in [0.15, 0.2) is 0 Å². The second-order valence-corrected chi connectivity index (χ2v) is 14.6. The summed E-state index contributed by atoms with van der Waals surface area (Å²) >= 11 is 0. The summed E-state index contributed by atoms with van der Waals surface area (Å²) in [5, 5.41) is 87.1. The number of fused-ring (bicyclic) bond motifs is 8. The molecule has 0 saturated heterocycles. The summed E-state index contributed by atoms with van der Waals surface area (Å²) in [6.07, 6.45) is -6.55. The van der Waals surface area contributed by atoms with Crippen molar-refractivity contribution in [3.05, 3.63) is 90.1 Å². The molecule has 60 heavy (non-hydrogen) atoms. The predicted octanol–water partition coefficient (Wildman–Crippen LogP) is -3.09. The maximum Gasteiger partial charge on any atom is 0.307 e. The molecule has 20 nitrogen and oxygen atoms in total. The molecule has 320 valence electrons. The maximum atomic E-state index is 12.3. The van der Waals surface area contributed by atoms with E-state index in [1.807, 2.05) is 0 Å². The van der Waals surface area contributed by atoms with Crippen molar-refractivity contribution < 1.29 is 79.2 Å². The van der Waals surface area contributed by atoms with E-state index in [2.05, 4.69) is 19.9 Å². The molecule has 0 unspecified atom stereocenters. The Morgan fingerprint density at radius 3 is 0.650 bits per heavy atom. The number of H-pyrrole nitrogens is 4. The molecule has 0 aliphatic carbocycles. The quantitative estimate of drug-likeness (QED) is 0.0385. The zero-order valence-electron chi connectivity index (χ0n) is 32.0. The highest BCUT2D eigenvalue weighted by Gasteiger charge is 2.29. The Morgan fingerprint density at radius 2 is 0.500 bits per heavy atom.